The molecule has 0 aliphatic carbocycles. The van der Waals surface area contributed by atoms with Crippen LogP contribution in [0.1, 0.15) is 34.6 Å². The Balaban J connectivity index is 1.83. The standard InChI is InChI=1S/C17H17NO2/c1-12(11-13-7-3-2-4-8-13)18-16(19)14-9-5-6-10-15(14)17(18)20/h2-10,12,16,19H,11H2,1H3. The number of nitrogens with zero attached hydrogens (tertiary/aromatic N) is 1. The summed E-state index contributed by atoms with van der Waals surface area (Å²) in [6.07, 6.45) is -0.102. The third-order valence-corrected chi connectivity index (χ3v) is 3.82. The Labute approximate surface area is 118 Å². The molecule has 1 heterocycles. The maximum atomic E-state index is 12.4. The first kappa shape index (κ1) is 12.9. The number of carbonyl (C=O) groups is 1. The fourth-order valence-corrected chi connectivity index (χ4v) is 2.81. The van der Waals surface area contributed by atoms with Crippen molar-refractivity contribution in [2.75, 3.05) is 0 Å². The van der Waals surface area contributed by atoms with Crippen LogP contribution in [0.5, 0.6) is 0 Å². The predicted molar refractivity (Wildman–Crippen MR) is 77.2 cm³/mol. The van der Waals surface area contributed by atoms with E-state index in [0.717, 1.165) is 12.0 Å². The maximum Gasteiger partial charge on any atom is 0.256 e. The molecule has 0 spiro atoms. The van der Waals surface area contributed by atoms with Gasteiger partial charge in [0.05, 0.1) is 0 Å². The molecule has 0 saturated heterocycles. The second-order valence-electron chi connectivity index (χ2n) is 5.21. The topological polar surface area (TPSA) is 40.5 Å². The van der Waals surface area contributed by atoms with E-state index in [1.807, 2.05) is 55.5 Å². The Kier molecular flexibility index (Phi) is 3.28. The highest BCUT2D eigenvalue weighted by Crippen LogP contribution is 2.33. The van der Waals surface area contributed by atoms with Gasteiger partial charge in [0.15, 0.2) is 6.23 Å². The highest BCUT2D eigenvalue weighted by atomic mass is 16.3. The lowest BCUT2D eigenvalue weighted by Gasteiger charge is -2.28. The van der Waals surface area contributed by atoms with Gasteiger partial charge < -0.3 is 10.0 Å². The largest absolute Gasteiger partial charge is 0.369 e. The number of rotatable bonds is 3. The molecule has 2 aromatic carbocycles. The van der Waals surface area contributed by atoms with Gasteiger partial charge in [0.25, 0.3) is 5.91 Å². The Morgan fingerprint density at radius 2 is 1.75 bits per heavy atom. The summed E-state index contributed by atoms with van der Waals surface area (Å²) in [6.45, 7) is 1.97. The summed E-state index contributed by atoms with van der Waals surface area (Å²) in [7, 11) is 0. The predicted octanol–water partition coefficient (Wildman–Crippen LogP) is 2.76. The molecule has 3 heteroatoms. The smallest absolute Gasteiger partial charge is 0.256 e. The van der Waals surface area contributed by atoms with Crippen molar-refractivity contribution in [3.8, 4) is 0 Å². The average Bonchev–Trinajstić information content (AvgIpc) is 2.72. The lowest BCUT2D eigenvalue weighted by Crippen LogP contribution is -2.37. The van der Waals surface area contributed by atoms with Crippen molar-refractivity contribution >= 4 is 5.91 Å². The van der Waals surface area contributed by atoms with Crippen LogP contribution in [0, 0.1) is 0 Å². The molecule has 1 amide bonds. The first-order valence-electron chi connectivity index (χ1n) is 6.82. The zero-order valence-electron chi connectivity index (χ0n) is 11.4. The fraction of sp³-hybridized carbons (Fsp3) is 0.235. The minimum absolute atomic E-state index is 0.0488. The van der Waals surface area contributed by atoms with Crippen LogP contribution in [0.2, 0.25) is 0 Å². The number of carbonyl (C=O) groups excluding carboxylic acids is 1. The SMILES string of the molecule is CC(Cc1ccccc1)N1C(=O)c2ccccc2C1O. The summed E-state index contributed by atoms with van der Waals surface area (Å²) in [5.74, 6) is -0.0865. The van der Waals surface area contributed by atoms with Crippen molar-refractivity contribution in [3.63, 3.8) is 0 Å². The summed E-state index contributed by atoms with van der Waals surface area (Å²) < 4.78 is 0. The van der Waals surface area contributed by atoms with Crippen LogP contribution in [0.3, 0.4) is 0 Å². The molecule has 3 nitrogen and oxygen atoms in total. The van der Waals surface area contributed by atoms with Crippen molar-refractivity contribution < 1.29 is 9.90 Å². The highest BCUT2D eigenvalue weighted by Gasteiger charge is 2.37. The summed E-state index contributed by atoms with van der Waals surface area (Å²) in [6, 6.07) is 17.2. The summed E-state index contributed by atoms with van der Waals surface area (Å²) >= 11 is 0. The van der Waals surface area contributed by atoms with E-state index in [1.54, 1.807) is 11.0 Å². The number of benzene rings is 2. The van der Waals surface area contributed by atoms with Crippen LogP contribution in [-0.2, 0) is 6.42 Å². The Morgan fingerprint density at radius 3 is 2.45 bits per heavy atom. The minimum atomic E-state index is -0.836. The molecule has 0 fully saturated rings. The molecule has 2 aromatic rings. The molecule has 3 rings (SSSR count). The van der Waals surface area contributed by atoms with E-state index in [0.29, 0.717) is 11.1 Å². The summed E-state index contributed by atoms with van der Waals surface area (Å²) in [4.78, 5) is 14.0. The van der Waals surface area contributed by atoms with E-state index in [4.69, 9.17) is 0 Å². The second-order valence-corrected chi connectivity index (χ2v) is 5.21. The van der Waals surface area contributed by atoms with Crippen LogP contribution in [0.4, 0.5) is 0 Å². The van der Waals surface area contributed by atoms with E-state index in [9.17, 15) is 9.90 Å². The zero-order valence-corrected chi connectivity index (χ0v) is 11.4. The first-order valence-corrected chi connectivity index (χ1v) is 6.82. The van der Waals surface area contributed by atoms with E-state index < -0.39 is 6.23 Å². The molecule has 0 aromatic heterocycles. The Bertz CT molecular complexity index is 624. The number of aliphatic hydroxyl groups excluding tert-OH is 1. The monoisotopic (exact) mass is 267 g/mol. The van der Waals surface area contributed by atoms with Crippen LogP contribution in [0.25, 0.3) is 0 Å². The van der Waals surface area contributed by atoms with Crippen molar-refractivity contribution in [1.82, 2.24) is 4.90 Å². The van der Waals surface area contributed by atoms with Gasteiger partial charge in [0, 0.05) is 17.2 Å². The Morgan fingerprint density at radius 1 is 1.10 bits per heavy atom. The van der Waals surface area contributed by atoms with E-state index in [2.05, 4.69) is 0 Å². The third kappa shape index (κ3) is 2.10. The van der Waals surface area contributed by atoms with E-state index >= 15 is 0 Å². The van der Waals surface area contributed by atoms with Gasteiger partial charge >= 0.3 is 0 Å². The van der Waals surface area contributed by atoms with Crippen molar-refractivity contribution in [3.05, 3.63) is 71.3 Å². The fourth-order valence-electron chi connectivity index (χ4n) is 2.81. The van der Waals surface area contributed by atoms with E-state index in [1.165, 1.54) is 0 Å². The molecular formula is C17H17NO2. The van der Waals surface area contributed by atoms with Crippen LogP contribution < -0.4 is 0 Å². The normalized spacial score (nSPS) is 19.0. The quantitative estimate of drug-likeness (QED) is 0.929. The number of hydrogen-bond donors (Lipinski definition) is 1. The van der Waals surface area contributed by atoms with Gasteiger partial charge in [-0.05, 0) is 25.0 Å². The van der Waals surface area contributed by atoms with Gasteiger partial charge in [0.2, 0.25) is 0 Å². The van der Waals surface area contributed by atoms with Gasteiger partial charge in [-0.1, -0.05) is 48.5 Å². The van der Waals surface area contributed by atoms with Gasteiger partial charge in [-0.15, -0.1) is 0 Å². The lowest BCUT2D eigenvalue weighted by molar-refractivity contribution is 0.000395. The molecule has 102 valence electrons. The lowest BCUT2D eigenvalue weighted by atomic mass is 10.1. The van der Waals surface area contributed by atoms with Gasteiger partial charge in [-0.3, -0.25) is 4.79 Å². The zero-order chi connectivity index (χ0) is 14.1. The molecule has 20 heavy (non-hydrogen) atoms. The first-order chi connectivity index (χ1) is 9.68. The molecule has 1 aliphatic rings. The minimum Gasteiger partial charge on any atom is -0.369 e. The van der Waals surface area contributed by atoms with Gasteiger partial charge in [-0.25, -0.2) is 0 Å². The number of aliphatic hydroxyl groups is 1. The van der Waals surface area contributed by atoms with Gasteiger partial charge in [0.1, 0.15) is 0 Å². The molecule has 1 aliphatic heterocycles. The number of hydrogen-bond acceptors (Lipinski definition) is 2. The van der Waals surface area contributed by atoms with Gasteiger partial charge in [-0.2, -0.15) is 0 Å². The number of amides is 1. The molecule has 2 atom stereocenters. The molecule has 2 unspecified atom stereocenters. The molecule has 0 radical (unpaired) electrons. The molecule has 0 bridgehead atoms. The van der Waals surface area contributed by atoms with Crippen LogP contribution in [0.15, 0.2) is 54.6 Å². The Hall–Kier alpha value is -2.13. The van der Waals surface area contributed by atoms with Crippen molar-refractivity contribution in [2.24, 2.45) is 0 Å². The highest BCUT2D eigenvalue weighted by molar-refractivity contribution is 5.99. The number of fused-ring (bicyclic) bond motifs is 1. The van der Waals surface area contributed by atoms with Crippen LogP contribution in [-0.4, -0.2) is 22.0 Å². The maximum absolute atomic E-state index is 12.4. The summed E-state index contributed by atoms with van der Waals surface area (Å²) in [5, 5.41) is 10.4. The van der Waals surface area contributed by atoms with Crippen LogP contribution >= 0.6 is 0 Å². The van der Waals surface area contributed by atoms with E-state index in [-0.39, 0.29) is 11.9 Å². The van der Waals surface area contributed by atoms with Crippen molar-refractivity contribution in [1.29, 1.82) is 0 Å². The molecule has 1 N–H and O–H groups in total. The summed E-state index contributed by atoms with van der Waals surface area (Å²) in [5.41, 5.74) is 2.48. The molecular weight excluding hydrogens is 250 g/mol. The molecule has 0 saturated carbocycles. The second kappa shape index (κ2) is 5.10. The van der Waals surface area contributed by atoms with Crippen molar-refractivity contribution in [2.45, 2.75) is 25.6 Å². The average molecular weight is 267 g/mol. The third-order valence-electron chi connectivity index (χ3n) is 3.82.